The molecule has 1 N–H and O–H groups in total. The highest BCUT2D eigenvalue weighted by Crippen LogP contribution is 2.26. The van der Waals surface area contributed by atoms with Gasteiger partial charge < -0.3 is 15.1 Å². The molecule has 0 aromatic rings. The smallest absolute Gasteiger partial charge is 0.236 e. The minimum atomic E-state index is 0.273. The summed E-state index contributed by atoms with van der Waals surface area (Å²) >= 11 is 0. The van der Waals surface area contributed by atoms with Crippen LogP contribution in [-0.4, -0.2) is 62.0 Å². The average Bonchev–Trinajstić information content (AvgIpc) is 2.88. The Kier molecular flexibility index (Phi) is 5.45. The molecule has 0 spiro atoms. The molecule has 0 radical (unpaired) electrons. The molecule has 18 heavy (non-hydrogen) atoms. The third kappa shape index (κ3) is 4.25. The molecule has 104 valence electrons. The number of hydrogen-bond donors (Lipinski definition) is 1. The number of carbonyl (C=O) groups excluding carboxylic acids is 1. The maximum absolute atomic E-state index is 11.9. The van der Waals surface area contributed by atoms with Crippen molar-refractivity contribution < 1.29 is 4.79 Å². The van der Waals surface area contributed by atoms with Crippen LogP contribution in [0.4, 0.5) is 0 Å². The summed E-state index contributed by atoms with van der Waals surface area (Å²) in [4.78, 5) is 16.2. The molecule has 2 rings (SSSR count). The fourth-order valence-corrected chi connectivity index (χ4v) is 2.97. The molecule has 0 aromatic carbocycles. The van der Waals surface area contributed by atoms with E-state index in [4.69, 9.17) is 0 Å². The second-order valence-electron chi connectivity index (χ2n) is 5.80. The van der Waals surface area contributed by atoms with Gasteiger partial charge in [-0.2, -0.15) is 0 Å². The fourth-order valence-electron chi connectivity index (χ4n) is 2.97. The van der Waals surface area contributed by atoms with Crippen molar-refractivity contribution >= 4 is 5.91 Å². The molecular formula is C14H27N3O. The van der Waals surface area contributed by atoms with Gasteiger partial charge in [0.2, 0.25) is 5.91 Å². The second-order valence-corrected chi connectivity index (χ2v) is 5.80. The van der Waals surface area contributed by atoms with Crippen LogP contribution in [-0.2, 0) is 4.79 Å². The van der Waals surface area contributed by atoms with Crippen molar-refractivity contribution in [3.8, 4) is 0 Å². The highest BCUT2D eigenvalue weighted by molar-refractivity contribution is 5.78. The van der Waals surface area contributed by atoms with Crippen LogP contribution in [0.1, 0.15) is 32.1 Å². The number of likely N-dealkylation sites (N-methyl/N-ethyl adjacent to an activating group) is 1. The number of nitrogens with one attached hydrogen (secondary N) is 1. The molecule has 0 aromatic heterocycles. The Morgan fingerprint density at radius 2 is 1.83 bits per heavy atom. The Morgan fingerprint density at radius 3 is 2.50 bits per heavy atom. The zero-order valence-corrected chi connectivity index (χ0v) is 11.7. The summed E-state index contributed by atoms with van der Waals surface area (Å²) < 4.78 is 0. The van der Waals surface area contributed by atoms with Gasteiger partial charge in [0.1, 0.15) is 0 Å². The predicted molar refractivity (Wildman–Crippen MR) is 73.5 cm³/mol. The molecule has 1 aliphatic carbocycles. The van der Waals surface area contributed by atoms with Crippen LogP contribution < -0.4 is 5.32 Å². The van der Waals surface area contributed by atoms with Gasteiger partial charge >= 0.3 is 0 Å². The van der Waals surface area contributed by atoms with Gasteiger partial charge in [-0.1, -0.05) is 25.7 Å². The van der Waals surface area contributed by atoms with Gasteiger partial charge in [0, 0.05) is 26.2 Å². The lowest BCUT2D eigenvalue weighted by Crippen LogP contribution is -2.49. The van der Waals surface area contributed by atoms with E-state index in [1.54, 1.807) is 0 Å². The lowest BCUT2D eigenvalue weighted by Gasteiger charge is -2.32. The maximum atomic E-state index is 11.9. The van der Waals surface area contributed by atoms with E-state index in [0.717, 1.165) is 38.6 Å². The van der Waals surface area contributed by atoms with Crippen molar-refractivity contribution in [3.05, 3.63) is 0 Å². The molecule has 4 heteroatoms. The van der Waals surface area contributed by atoms with Crippen LogP contribution in [0.2, 0.25) is 0 Å². The minimum Gasteiger partial charge on any atom is -0.339 e. The molecule has 2 aliphatic rings. The molecular weight excluding hydrogens is 226 g/mol. The maximum Gasteiger partial charge on any atom is 0.236 e. The lowest BCUT2D eigenvalue weighted by atomic mass is 10.0. The Balaban J connectivity index is 1.54. The van der Waals surface area contributed by atoms with Crippen molar-refractivity contribution in [2.45, 2.75) is 32.1 Å². The molecule has 0 bridgehead atoms. The number of hydrogen-bond acceptors (Lipinski definition) is 3. The van der Waals surface area contributed by atoms with Gasteiger partial charge in [-0.25, -0.2) is 0 Å². The summed E-state index contributed by atoms with van der Waals surface area (Å²) in [6.45, 7) is 5.32. The van der Waals surface area contributed by atoms with Gasteiger partial charge in [0.05, 0.1) is 6.54 Å². The minimum absolute atomic E-state index is 0.273. The van der Waals surface area contributed by atoms with E-state index in [0.29, 0.717) is 6.54 Å². The fraction of sp³-hybridized carbons (Fsp3) is 0.929. The first-order valence-corrected chi connectivity index (χ1v) is 7.43. The Labute approximate surface area is 111 Å². The van der Waals surface area contributed by atoms with Gasteiger partial charge in [-0.3, -0.25) is 4.79 Å². The molecule has 0 unspecified atom stereocenters. The number of carbonyl (C=O) groups is 1. The number of nitrogens with zero attached hydrogens (tertiary/aromatic N) is 2. The largest absolute Gasteiger partial charge is 0.339 e. The second kappa shape index (κ2) is 7.10. The number of piperazine rings is 1. The monoisotopic (exact) mass is 253 g/mol. The molecule has 1 saturated carbocycles. The van der Waals surface area contributed by atoms with Gasteiger partial charge in [0.15, 0.2) is 0 Å². The van der Waals surface area contributed by atoms with E-state index in [1.807, 2.05) is 4.90 Å². The first-order valence-electron chi connectivity index (χ1n) is 7.43. The SMILES string of the molecule is CN1CCN(C(=O)CNCCC2CCCC2)CC1. The summed E-state index contributed by atoms with van der Waals surface area (Å²) in [5.41, 5.74) is 0. The van der Waals surface area contributed by atoms with Crippen LogP contribution >= 0.6 is 0 Å². The first kappa shape index (κ1) is 13.8. The van der Waals surface area contributed by atoms with Crippen molar-refractivity contribution in [1.29, 1.82) is 0 Å². The summed E-state index contributed by atoms with van der Waals surface area (Å²) in [6.07, 6.45) is 6.86. The Morgan fingerprint density at radius 1 is 1.17 bits per heavy atom. The zero-order valence-electron chi connectivity index (χ0n) is 11.7. The van der Waals surface area contributed by atoms with E-state index in [1.165, 1.54) is 32.1 Å². The highest BCUT2D eigenvalue weighted by Gasteiger charge is 2.18. The van der Waals surface area contributed by atoms with Crippen molar-refractivity contribution in [2.24, 2.45) is 5.92 Å². The lowest BCUT2D eigenvalue weighted by molar-refractivity contribution is -0.131. The predicted octanol–water partition coefficient (Wildman–Crippen LogP) is 0.930. The summed E-state index contributed by atoms with van der Waals surface area (Å²) in [7, 11) is 2.11. The molecule has 1 aliphatic heterocycles. The van der Waals surface area contributed by atoms with E-state index in [2.05, 4.69) is 17.3 Å². The van der Waals surface area contributed by atoms with Gasteiger partial charge in [0.25, 0.3) is 0 Å². The summed E-state index contributed by atoms with van der Waals surface area (Å²) in [5, 5.41) is 3.32. The van der Waals surface area contributed by atoms with E-state index in [-0.39, 0.29) is 5.91 Å². The normalized spacial score (nSPS) is 22.6. The van der Waals surface area contributed by atoms with Crippen LogP contribution in [0.15, 0.2) is 0 Å². The molecule has 1 saturated heterocycles. The summed E-state index contributed by atoms with van der Waals surface area (Å²) in [5.74, 6) is 1.19. The third-order valence-corrected chi connectivity index (χ3v) is 4.34. The molecule has 4 nitrogen and oxygen atoms in total. The van der Waals surface area contributed by atoms with Crippen molar-refractivity contribution in [3.63, 3.8) is 0 Å². The molecule has 1 amide bonds. The van der Waals surface area contributed by atoms with Crippen LogP contribution in [0.3, 0.4) is 0 Å². The van der Waals surface area contributed by atoms with Gasteiger partial charge in [-0.05, 0) is 25.9 Å². The quantitative estimate of drug-likeness (QED) is 0.740. The zero-order chi connectivity index (χ0) is 12.8. The number of amides is 1. The van der Waals surface area contributed by atoms with Gasteiger partial charge in [-0.15, -0.1) is 0 Å². The van der Waals surface area contributed by atoms with Crippen LogP contribution in [0.25, 0.3) is 0 Å². The van der Waals surface area contributed by atoms with Crippen molar-refractivity contribution in [2.75, 3.05) is 46.3 Å². The standard InChI is InChI=1S/C14H27N3O/c1-16-8-10-17(11-9-16)14(18)12-15-7-6-13-4-2-3-5-13/h13,15H,2-12H2,1H3. The van der Waals surface area contributed by atoms with E-state index in [9.17, 15) is 4.79 Å². The third-order valence-electron chi connectivity index (χ3n) is 4.34. The van der Waals surface area contributed by atoms with E-state index >= 15 is 0 Å². The highest BCUT2D eigenvalue weighted by atomic mass is 16.2. The first-order chi connectivity index (χ1) is 8.75. The topological polar surface area (TPSA) is 35.6 Å². The van der Waals surface area contributed by atoms with Crippen molar-refractivity contribution in [1.82, 2.24) is 15.1 Å². The summed E-state index contributed by atoms with van der Waals surface area (Å²) in [6, 6.07) is 0. The van der Waals surface area contributed by atoms with Crippen LogP contribution in [0, 0.1) is 5.92 Å². The Hall–Kier alpha value is -0.610. The molecule has 1 heterocycles. The average molecular weight is 253 g/mol. The van der Waals surface area contributed by atoms with Crippen LogP contribution in [0.5, 0.6) is 0 Å². The molecule has 0 atom stereocenters. The Bertz CT molecular complexity index is 256. The molecule has 2 fully saturated rings. The van der Waals surface area contributed by atoms with E-state index < -0.39 is 0 Å². The number of rotatable bonds is 5.